The number of ether oxygens (including phenoxy) is 4. The van der Waals surface area contributed by atoms with Gasteiger partial charge in [0.1, 0.15) is 11.8 Å². The first-order valence-electron chi connectivity index (χ1n) is 20.2. The molecule has 2 N–H and O–H groups in total. The van der Waals surface area contributed by atoms with Gasteiger partial charge >= 0.3 is 18.1 Å². The summed E-state index contributed by atoms with van der Waals surface area (Å²) >= 11 is 0. The highest BCUT2D eigenvalue weighted by Crippen LogP contribution is 2.68. The van der Waals surface area contributed by atoms with Gasteiger partial charge in [0.15, 0.2) is 18.0 Å². The van der Waals surface area contributed by atoms with Crippen molar-refractivity contribution in [2.24, 2.45) is 28.6 Å². The molecule has 0 heterocycles. The number of ketones is 2. The minimum absolute atomic E-state index is 0.00910. The van der Waals surface area contributed by atoms with Gasteiger partial charge in [0, 0.05) is 36.5 Å². The number of nitrogens with one attached hydrogen (secondary N) is 1. The fourth-order valence-electron chi connectivity index (χ4n) is 9.95. The number of hydrogen-bond donors (Lipinski definition) is 2. The van der Waals surface area contributed by atoms with Gasteiger partial charge in [0.2, 0.25) is 11.7 Å². The van der Waals surface area contributed by atoms with E-state index in [9.17, 15) is 54.1 Å². The molecule has 20 nitrogen and oxygen atoms in total. The van der Waals surface area contributed by atoms with Crippen LogP contribution < -0.4 is 10.1 Å². The summed E-state index contributed by atoms with van der Waals surface area (Å²) in [6.45, 7) is 3.60. The maximum absolute atomic E-state index is 14.4. The van der Waals surface area contributed by atoms with E-state index in [-0.39, 0.29) is 87.6 Å². The van der Waals surface area contributed by atoms with Crippen LogP contribution in [0.2, 0.25) is 0 Å². The largest absolute Gasteiger partial charge is 0.514 e. The van der Waals surface area contributed by atoms with E-state index in [2.05, 4.69) is 15.0 Å². The SMILES string of the molecule is CC(=O)N[C@@H](Cc1ccc(OC(=O)OCC(=O)[C@@]2(OC(=O)CCCO[N+](=O)[O-])CCC3C4CCC5=CC(=O)C=C[C@]5(C)[C@H]4[C@@H](O)C[C@@]32C)cc1)C(=O)OCCCCO[N+](=O)[O-]. The van der Waals surface area contributed by atoms with Crippen LogP contribution in [-0.2, 0) is 54.3 Å². The highest BCUT2D eigenvalue weighted by molar-refractivity contribution is 6.01. The number of esters is 2. The van der Waals surface area contributed by atoms with Gasteiger partial charge in [-0.3, -0.25) is 19.2 Å². The lowest BCUT2D eigenvalue weighted by atomic mass is 9.46. The quantitative estimate of drug-likeness (QED) is 0.0470. The number of Topliss-reactive ketones (excluding diaryl/α,β-unsaturated/α-hetero) is 1. The summed E-state index contributed by atoms with van der Waals surface area (Å²) in [7, 11) is 0. The number of aliphatic hydroxyl groups is 1. The van der Waals surface area contributed by atoms with Gasteiger partial charge in [-0.1, -0.05) is 37.6 Å². The van der Waals surface area contributed by atoms with Gasteiger partial charge in [-0.2, -0.15) is 0 Å². The standard InChI is InChI=1S/C41H51N3O17/c1-25(45)42-32(37(50)56-18-4-5-19-58-43(52)53)21-26-8-11-29(12-9-26)60-38(51)57-24-34(48)41(61-35(49)7-6-20-59-44(54)55)17-15-31-30-13-10-27-22-28(46)14-16-39(27,2)36(30)33(47)23-40(31,41)3/h8-9,11-12,14,16,22,30-33,36,47H,4-7,10,13,15,17-21,23-24H2,1-3H3,(H,42,45)/t30?,31?,32-,33-,36+,39-,40-,41-/m0/s1. The van der Waals surface area contributed by atoms with E-state index in [4.69, 9.17) is 18.9 Å². The number of carbonyl (C=O) groups excluding carboxylic acids is 6. The van der Waals surface area contributed by atoms with E-state index in [1.807, 2.05) is 13.0 Å². The average Bonchev–Trinajstić information content (AvgIpc) is 3.48. The van der Waals surface area contributed by atoms with Crippen LogP contribution in [0.5, 0.6) is 5.75 Å². The van der Waals surface area contributed by atoms with Crippen molar-refractivity contribution in [1.29, 1.82) is 0 Å². The second-order valence-electron chi connectivity index (χ2n) is 16.3. The lowest BCUT2D eigenvalue weighted by Gasteiger charge is -2.59. The van der Waals surface area contributed by atoms with E-state index < -0.39 is 75.1 Å². The third-order valence-electron chi connectivity index (χ3n) is 12.6. The van der Waals surface area contributed by atoms with E-state index in [1.54, 1.807) is 13.0 Å². The van der Waals surface area contributed by atoms with Gasteiger partial charge in [-0.25, -0.2) is 9.59 Å². The summed E-state index contributed by atoms with van der Waals surface area (Å²) < 4.78 is 21.9. The van der Waals surface area contributed by atoms with Gasteiger partial charge in [0.25, 0.3) is 10.2 Å². The third-order valence-corrected chi connectivity index (χ3v) is 12.6. The number of nitrogens with zero attached hydrogens (tertiary/aromatic N) is 2. The van der Waals surface area contributed by atoms with Crippen molar-refractivity contribution in [2.45, 2.75) is 103 Å². The Labute approximate surface area is 350 Å². The van der Waals surface area contributed by atoms with Gasteiger partial charge in [-0.05, 0) is 93.1 Å². The molecular weight excluding hydrogens is 806 g/mol. The Balaban J connectivity index is 1.24. The lowest BCUT2D eigenvalue weighted by molar-refractivity contribution is -0.757. The lowest BCUT2D eigenvalue weighted by Crippen LogP contribution is -2.63. The van der Waals surface area contributed by atoms with Crippen LogP contribution >= 0.6 is 0 Å². The summed E-state index contributed by atoms with van der Waals surface area (Å²) in [5.41, 5.74) is -2.04. The first kappa shape index (κ1) is 46.2. The van der Waals surface area contributed by atoms with Crippen molar-refractivity contribution in [3.63, 3.8) is 0 Å². The van der Waals surface area contributed by atoms with E-state index >= 15 is 0 Å². The number of aliphatic hydroxyl groups excluding tert-OH is 1. The van der Waals surface area contributed by atoms with Gasteiger partial charge in [0.05, 0.1) is 25.9 Å². The molecule has 0 radical (unpaired) electrons. The summed E-state index contributed by atoms with van der Waals surface area (Å²) in [5, 5.41) is 33.4. The van der Waals surface area contributed by atoms with E-state index in [0.717, 1.165) is 5.57 Å². The zero-order valence-corrected chi connectivity index (χ0v) is 34.2. The van der Waals surface area contributed by atoms with Crippen LogP contribution in [0.4, 0.5) is 4.79 Å². The van der Waals surface area contributed by atoms with Crippen molar-refractivity contribution in [1.82, 2.24) is 5.32 Å². The predicted octanol–water partition coefficient (Wildman–Crippen LogP) is 3.90. The predicted molar refractivity (Wildman–Crippen MR) is 207 cm³/mol. The van der Waals surface area contributed by atoms with Crippen molar-refractivity contribution >= 4 is 35.6 Å². The maximum Gasteiger partial charge on any atom is 0.514 e. The van der Waals surface area contributed by atoms with Crippen LogP contribution in [0.15, 0.2) is 48.1 Å². The topological polar surface area (TPSA) is 276 Å². The van der Waals surface area contributed by atoms with Crippen LogP contribution in [-0.4, -0.2) is 95.0 Å². The van der Waals surface area contributed by atoms with Crippen molar-refractivity contribution in [2.75, 3.05) is 26.4 Å². The smallest absolute Gasteiger partial charge is 0.464 e. The Hall–Kier alpha value is -5.92. The summed E-state index contributed by atoms with van der Waals surface area (Å²) in [6, 6.07) is 4.80. The Morgan fingerprint density at radius 2 is 1.62 bits per heavy atom. The first-order chi connectivity index (χ1) is 28.9. The van der Waals surface area contributed by atoms with Crippen molar-refractivity contribution in [3.05, 3.63) is 73.9 Å². The normalized spacial score (nSPS) is 27.7. The molecule has 332 valence electrons. The molecule has 61 heavy (non-hydrogen) atoms. The molecule has 0 saturated heterocycles. The molecule has 0 aliphatic heterocycles. The number of carbonyl (C=O) groups is 6. The Bertz CT molecular complexity index is 1930. The average molecular weight is 858 g/mol. The molecule has 3 saturated carbocycles. The molecule has 2 unspecified atom stereocenters. The maximum atomic E-state index is 14.4. The molecule has 4 aliphatic carbocycles. The molecular formula is C41H51N3O17. The molecule has 20 heteroatoms. The van der Waals surface area contributed by atoms with Crippen LogP contribution in [0.3, 0.4) is 0 Å². The number of benzene rings is 1. The second-order valence-corrected chi connectivity index (χ2v) is 16.3. The second kappa shape index (κ2) is 19.6. The fraction of sp³-hybridized carbons (Fsp3) is 0.610. The highest BCUT2D eigenvalue weighted by Gasteiger charge is 2.70. The number of fused-ring (bicyclic) bond motifs is 5. The third kappa shape index (κ3) is 10.7. The number of unbranched alkanes of at least 4 members (excludes halogenated alkanes) is 1. The number of amides is 1. The number of hydrogen-bond acceptors (Lipinski definition) is 17. The molecule has 4 aliphatic rings. The van der Waals surface area contributed by atoms with Crippen molar-refractivity contribution < 1.29 is 72.7 Å². The monoisotopic (exact) mass is 857 g/mol. The van der Waals surface area contributed by atoms with E-state index in [1.165, 1.54) is 37.3 Å². The molecule has 1 aromatic rings. The zero-order valence-electron chi connectivity index (χ0n) is 34.2. The molecule has 5 rings (SSSR count). The van der Waals surface area contributed by atoms with Gasteiger partial charge < -0.3 is 39.0 Å². The summed E-state index contributed by atoms with van der Waals surface area (Å²) in [4.78, 5) is 107. The number of rotatable bonds is 20. The molecule has 1 amide bonds. The summed E-state index contributed by atoms with van der Waals surface area (Å²) in [5.74, 6) is -3.45. The van der Waals surface area contributed by atoms with Gasteiger partial charge in [-0.15, -0.1) is 20.2 Å². The minimum Gasteiger partial charge on any atom is -0.464 e. The van der Waals surface area contributed by atoms with E-state index in [0.29, 0.717) is 31.2 Å². The molecule has 1 aromatic carbocycles. The molecule has 3 fully saturated rings. The Morgan fingerprint density at radius 1 is 0.951 bits per heavy atom. The Morgan fingerprint density at radius 3 is 2.30 bits per heavy atom. The van der Waals surface area contributed by atoms with Crippen LogP contribution in [0, 0.1) is 48.8 Å². The first-order valence-corrected chi connectivity index (χ1v) is 20.2. The number of allylic oxidation sites excluding steroid dienone is 4. The Kier molecular flexibility index (Phi) is 14.9. The minimum atomic E-state index is -1.83. The molecule has 0 spiro atoms. The highest BCUT2D eigenvalue weighted by atomic mass is 17.0. The van der Waals surface area contributed by atoms with Crippen molar-refractivity contribution in [3.8, 4) is 5.75 Å². The van der Waals surface area contributed by atoms with Crippen LogP contribution in [0.25, 0.3) is 0 Å². The zero-order chi connectivity index (χ0) is 44.5. The summed E-state index contributed by atoms with van der Waals surface area (Å²) in [6.07, 6.45) is 4.81. The molecule has 0 bridgehead atoms. The van der Waals surface area contributed by atoms with Crippen LogP contribution in [0.1, 0.15) is 84.1 Å². The molecule has 8 atom stereocenters. The fourth-order valence-corrected chi connectivity index (χ4v) is 9.95. The molecule has 0 aromatic heterocycles.